The summed E-state index contributed by atoms with van der Waals surface area (Å²) in [6, 6.07) is 61.5. The smallest absolute Gasteiger partial charge is 0.376 e. The third-order valence-corrected chi connectivity index (χ3v) is 16.3. The second-order valence-electron chi connectivity index (χ2n) is 15.9. The number of hydrogen-bond acceptors (Lipinski definition) is 9. The Balaban J connectivity index is 0.993. The normalized spacial score (nSPS) is 12.2. The fourth-order valence-electron chi connectivity index (χ4n) is 8.81. The predicted molar refractivity (Wildman–Crippen MR) is 273 cm³/mol. The van der Waals surface area contributed by atoms with Crippen LogP contribution >= 0.6 is 34.0 Å². The van der Waals surface area contributed by atoms with E-state index in [1.54, 1.807) is 22.7 Å². The number of fused-ring (bicyclic) bond motifs is 9. The number of anilines is 6. The number of para-hydroxylation sites is 2. The van der Waals surface area contributed by atoms with Crippen LogP contribution < -0.4 is 14.0 Å². The number of pyridine rings is 1. The fourth-order valence-corrected chi connectivity index (χ4v) is 12.6. The third-order valence-electron chi connectivity index (χ3n) is 11.8. The van der Waals surface area contributed by atoms with Crippen molar-refractivity contribution in [2.75, 3.05) is 9.80 Å². The highest BCUT2D eigenvalue weighted by Crippen LogP contribution is 2.49. The standard InChI is InChI=1S/C54H32F3N3O3S4/c55-54(56,57)67(61,62)63-40-31-44-43-28-34(33-17-20-37(21-18-33)59(35-10-3-1-4-11-35)38-23-26-49-45(29-38)52-50(64-49)16-9-27-58-52)19-25-48(43)66-53(44)46(32-40)60(36-12-5-2-6-13-36)39-22-24-42-41-14-7-8-15-47(41)65-51(42)30-39/h1-32H. The Morgan fingerprint density at radius 3 is 1.81 bits per heavy atom. The van der Waals surface area contributed by atoms with Crippen LogP contribution in [0.3, 0.4) is 0 Å². The van der Waals surface area contributed by atoms with Crippen LogP contribution in [-0.2, 0) is 10.1 Å². The van der Waals surface area contributed by atoms with Crippen LogP contribution in [0.15, 0.2) is 194 Å². The molecule has 8 aromatic carbocycles. The van der Waals surface area contributed by atoms with Crippen molar-refractivity contribution in [3.8, 4) is 16.9 Å². The summed E-state index contributed by atoms with van der Waals surface area (Å²) in [7, 11) is -6.01. The van der Waals surface area contributed by atoms with E-state index in [-0.39, 0.29) is 0 Å². The molecule has 12 rings (SSSR count). The molecule has 0 saturated heterocycles. The maximum Gasteiger partial charge on any atom is 0.534 e. The maximum atomic E-state index is 13.9. The first-order chi connectivity index (χ1) is 32.6. The van der Waals surface area contributed by atoms with Crippen molar-refractivity contribution in [2.45, 2.75) is 5.51 Å². The second kappa shape index (κ2) is 16.0. The molecule has 67 heavy (non-hydrogen) atoms. The summed E-state index contributed by atoms with van der Waals surface area (Å²) in [4.78, 5) is 8.85. The summed E-state index contributed by atoms with van der Waals surface area (Å²) in [5, 5.41) is 4.58. The monoisotopic (exact) mass is 955 g/mol. The van der Waals surface area contributed by atoms with E-state index in [1.807, 2.05) is 108 Å². The summed E-state index contributed by atoms with van der Waals surface area (Å²) in [5.41, 5.74) is 1.96. The molecule has 0 aliphatic heterocycles. The molecule has 0 saturated carbocycles. The highest BCUT2D eigenvalue weighted by atomic mass is 32.2. The molecule has 4 aromatic heterocycles. The van der Waals surface area contributed by atoms with E-state index in [1.165, 1.54) is 23.5 Å². The topological polar surface area (TPSA) is 62.7 Å². The Morgan fingerprint density at radius 1 is 0.448 bits per heavy atom. The highest BCUT2D eigenvalue weighted by molar-refractivity contribution is 7.88. The largest absolute Gasteiger partial charge is 0.534 e. The van der Waals surface area contributed by atoms with Gasteiger partial charge in [0.1, 0.15) is 5.75 Å². The second-order valence-corrected chi connectivity index (χ2v) is 20.7. The average Bonchev–Trinajstić information content (AvgIpc) is 4.03. The van der Waals surface area contributed by atoms with Gasteiger partial charge >= 0.3 is 15.6 Å². The fraction of sp³-hybridized carbons (Fsp3) is 0.0185. The zero-order chi connectivity index (χ0) is 45.4. The minimum Gasteiger partial charge on any atom is -0.376 e. The molecule has 326 valence electrons. The molecule has 0 spiro atoms. The predicted octanol–water partition coefficient (Wildman–Crippen LogP) is 17.0. The summed E-state index contributed by atoms with van der Waals surface area (Å²) in [6.45, 7) is 0. The van der Waals surface area contributed by atoms with Crippen molar-refractivity contribution in [2.24, 2.45) is 0 Å². The zero-order valence-electron chi connectivity index (χ0n) is 34.8. The molecule has 0 radical (unpaired) electrons. The molecule has 0 amide bonds. The molecule has 0 unspecified atom stereocenters. The number of nitrogens with zero attached hydrogens (tertiary/aromatic N) is 3. The Labute approximate surface area is 393 Å². The van der Waals surface area contributed by atoms with E-state index in [4.69, 9.17) is 9.17 Å². The minimum absolute atomic E-state index is 0.455. The summed E-state index contributed by atoms with van der Waals surface area (Å²) < 4.78 is 78.1. The highest BCUT2D eigenvalue weighted by Gasteiger charge is 2.48. The molecule has 0 fully saturated rings. The molecular weight excluding hydrogens is 924 g/mol. The average molecular weight is 956 g/mol. The molecule has 12 aromatic rings. The lowest BCUT2D eigenvalue weighted by atomic mass is 10.0. The van der Waals surface area contributed by atoms with E-state index in [0.717, 1.165) is 94.8 Å². The lowest BCUT2D eigenvalue weighted by molar-refractivity contribution is -0.0500. The maximum absolute atomic E-state index is 13.9. The van der Waals surface area contributed by atoms with Crippen LogP contribution in [0.5, 0.6) is 5.75 Å². The number of rotatable bonds is 9. The molecule has 0 atom stereocenters. The van der Waals surface area contributed by atoms with Gasteiger partial charge in [0.25, 0.3) is 0 Å². The van der Waals surface area contributed by atoms with E-state index >= 15 is 0 Å². The Bertz CT molecular complexity index is 3980. The molecule has 4 heterocycles. The van der Waals surface area contributed by atoms with Gasteiger partial charge < -0.3 is 14.0 Å². The van der Waals surface area contributed by atoms with Crippen molar-refractivity contribution in [1.29, 1.82) is 0 Å². The van der Waals surface area contributed by atoms with Gasteiger partial charge in [0.05, 0.1) is 20.6 Å². The number of thiophene rings is 3. The first kappa shape index (κ1) is 41.2. The number of benzene rings is 8. The zero-order valence-corrected chi connectivity index (χ0v) is 38.1. The molecule has 13 heteroatoms. The van der Waals surface area contributed by atoms with Gasteiger partial charge in [0, 0.05) is 86.4 Å². The molecule has 0 bridgehead atoms. The Kier molecular flexibility index (Phi) is 9.80. The van der Waals surface area contributed by atoms with Crippen molar-refractivity contribution in [3.05, 3.63) is 194 Å². The van der Waals surface area contributed by atoms with Gasteiger partial charge in [-0.3, -0.25) is 4.98 Å². The van der Waals surface area contributed by atoms with Crippen LogP contribution in [0.4, 0.5) is 47.3 Å². The van der Waals surface area contributed by atoms with Gasteiger partial charge in [0.15, 0.2) is 0 Å². The van der Waals surface area contributed by atoms with Crippen LogP contribution in [0.1, 0.15) is 0 Å². The number of alkyl halides is 3. The summed E-state index contributed by atoms with van der Waals surface area (Å²) >= 11 is 4.84. The van der Waals surface area contributed by atoms with E-state index in [9.17, 15) is 21.6 Å². The Morgan fingerprint density at radius 2 is 1.03 bits per heavy atom. The molecular formula is C54H32F3N3O3S4. The van der Waals surface area contributed by atoms with Gasteiger partial charge in [-0.2, -0.15) is 21.6 Å². The third kappa shape index (κ3) is 7.22. The van der Waals surface area contributed by atoms with Crippen LogP contribution in [-0.4, -0.2) is 18.9 Å². The molecule has 0 aliphatic carbocycles. The van der Waals surface area contributed by atoms with Crippen molar-refractivity contribution < 1.29 is 25.8 Å². The van der Waals surface area contributed by atoms with Gasteiger partial charge in [-0.15, -0.1) is 34.0 Å². The summed E-state index contributed by atoms with van der Waals surface area (Å²) in [6.07, 6.45) is 1.82. The van der Waals surface area contributed by atoms with Crippen LogP contribution in [0.25, 0.3) is 71.8 Å². The number of hydrogen-bond donors (Lipinski definition) is 0. The molecule has 0 aliphatic rings. The van der Waals surface area contributed by atoms with Crippen molar-refractivity contribution in [1.82, 2.24) is 4.98 Å². The van der Waals surface area contributed by atoms with Gasteiger partial charge in [-0.25, -0.2) is 0 Å². The number of aromatic nitrogens is 1. The lowest BCUT2D eigenvalue weighted by Gasteiger charge is -2.26. The SMILES string of the molecule is O=S(=O)(Oc1cc(N(c2ccccc2)c2ccc3c(c2)sc2ccccc23)c2sc3ccc(-c4ccc(N(c5ccccc5)c5ccc6sc7cccnc7c6c5)cc4)cc3c2c1)C(F)(F)F. The van der Waals surface area contributed by atoms with Gasteiger partial charge in [-0.1, -0.05) is 78.9 Å². The lowest BCUT2D eigenvalue weighted by Crippen LogP contribution is -2.28. The van der Waals surface area contributed by atoms with Crippen molar-refractivity contribution in [3.63, 3.8) is 0 Å². The van der Waals surface area contributed by atoms with Crippen molar-refractivity contribution >= 4 is 139 Å². The number of halogens is 3. The van der Waals surface area contributed by atoms with Gasteiger partial charge in [-0.05, 0) is 114 Å². The Hall–Kier alpha value is -7.29. The summed E-state index contributed by atoms with van der Waals surface area (Å²) in [5.74, 6) is -0.455. The van der Waals surface area contributed by atoms with E-state index in [0.29, 0.717) is 11.1 Å². The van der Waals surface area contributed by atoms with Crippen LogP contribution in [0.2, 0.25) is 0 Å². The quantitative estimate of drug-likeness (QED) is 0.106. The molecule has 6 nitrogen and oxygen atoms in total. The minimum atomic E-state index is -6.01. The van der Waals surface area contributed by atoms with Crippen LogP contribution in [0, 0.1) is 0 Å². The first-order valence-electron chi connectivity index (χ1n) is 21.1. The van der Waals surface area contributed by atoms with Gasteiger partial charge in [0.2, 0.25) is 0 Å². The van der Waals surface area contributed by atoms with E-state index in [2.05, 4.69) is 83.8 Å². The first-order valence-corrected chi connectivity index (χ1v) is 24.9. The molecule has 0 N–H and O–H groups in total. The van der Waals surface area contributed by atoms with E-state index < -0.39 is 21.4 Å².